The summed E-state index contributed by atoms with van der Waals surface area (Å²) < 4.78 is 0. The SMILES string of the molecule is NCCC(N)NC=O. The van der Waals surface area contributed by atoms with Crippen LogP contribution in [0.3, 0.4) is 0 Å². The van der Waals surface area contributed by atoms with E-state index in [1.807, 2.05) is 0 Å². The lowest BCUT2D eigenvalue weighted by molar-refractivity contribution is -0.110. The smallest absolute Gasteiger partial charge is 0.208 e. The summed E-state index contributed by atoms with van der Waals surface area (Å²) in [6.45, 7) is 0.502. The minimum Gasteiger partial charge on any atom is -0.344 e. The molecular formula is C4H11N3O. The molecule has 4 heteroatoms. The monoisotopic (exact) mass is 117 g/mol. The second kappa shape index (κ2) is 4.55. The molecule has 0 aromatic carbocycles. The van der Waals surface area contributed by atoms with Gasteiger partial charge < -0.3 is 16.8 Å². The van der Waals surface area contributed by atoms with E-state index < -0.39 is 0 Å². The van der Waals surface area contributed by atoms with Crippen molar-refractivity contribution in [3.63, 3.8) is 0 Å². The number of nitrogens with one attached hydrogen (secondary N) is 1. The van der Waals surface area contributed by atoms with Crippen molar-refractivity contribution in [1.29, 1.82) is 0 Å². The summed E-state index contributed by atoms with van der Waals surface area (Å²) in [4.78, 5) is 9.66. The Morgan fingerprint density at radius 1 is 1.75 bits per heavy atom. The minimum absolute atomic E-state index is 0.280. The predicted octanol–water partition coefficient (Wildman–Crippen LogP) is -1.63. The standard InChI is InChI=1S/C4H11N3O/c5-2-1-4(6)7-3-8/h3-4H,1-2,5-6H2,(H,7,8). The largest absolute Gasteiger partial charge is 0.344 e. The maximum absolute atomic E-state index is 9.66. The highest BCUT2D eigenvalue weighted by Crippen LogP contribution is 1.74. The molecule has 0 aromatic heterocycles. The van der Waals surface area contributed by atoms with E-state index >= 15 is 0 Å². The van der Waals surface area contributed by atoms with E-state index in [0.717, 1.165) is 0 Å². The lowest BCUT2D eigenvalue weighted by Gasteiger charge is -2.05. The fraction of sp³-hybridized carbons (Fsp3) is 0.750. The van der Waals surface area contributed by atoms with E-state index in [1.54, 1.807) is 0 Å². The van der Waals surface area contributed by atoms with Gasteiger partial charge in [0.15, 0.2) is 0 Å². The molecule has 1 amide bonds. The number of hydrogen-bond acceptors (Lipinski definition) is 3. The lowest BCUT2D eigenvalue weighted by atomic mass is 10.3. The van der Waals surface area contributed by atoms with E-state index in [4.69, 9.17) is 11.5 Å². The Bertz CT molecular complexity index is 66.3. The van der Waals surface area contributed by atoms with Crippen LogP contribution in [0.1, 0.15) is 6.42 Å². The molecule has 0 aliphatic rings. The maximum atomic E-state index is 9.66. The Morgan fingerprint density at radius 3 is 2.75 bits per heavy atom. The number of carbonyl (C=O) groups is 1. The van der Waals surface area contributed by atoms with Crippen LogP contribution in [0.15, 0.2) is 0 Å². The molecule has 8 heavy (non-hydrogen) atoms. The molecule has 1 unspecified atom stereocenters. The molecule has 0 aromatic rings. The van der Waals surface area contributed by atoms with Gasteiger partial charge in [-0.15, -0.1) is 0 Å². The van der Waals surface area contributed by atoms with E-state index in [-0.39, 0.29) is 6.17 Å². The molecule has 0 heterocycles. The Kier molecular flexibility index (Phi) is 4.20. The third-order valence-corrected chi connectivity index (χ3v) is 0.760. The van der Waals surface area contributed by atoms with Crippen LogP contribution in [-0.4, -0.2) is 19.1 Å². The molecule has 4 nitrogen and oxygen atoms in total. The minimum atomic E-state index is -0.280. The zero-order valence-corrected chi connectivity index (χ0v) is 4.63. The lowest BCUT2D eigenvalue weighted by Crippen LogP contribution is -2.37. The predicted molar refractivity (Wildman–Crippen MR) is 30.8 cm³/mol. The zero-order chi connectivity index (χ0) is 6.41. The van der Waals surface area contributed by atoms with Crippen LogP contribution in [0, 0.1) is 0 Å². The third-order valence-electron chi connectivity index (χ3n) is 0.760. The molecule has 0 saturated carbocycles. The average Bonchev–Trinajstić information content (AvgIpc) is 1.68. The fourth-order valence-corrected chi connectivity index (χ4v) is 0.350. The first kappa shape index (κ1) is 7.39. The van der Waals surface area contributed by atoms with Crippen molar-refractivity contribution >= 4 is 6.41 Å². The second-order valence-electron chi connectivity index (χ2n) is 1.47. The molecule has 0 saturated heterocycles. The van der Waals surface area contributed by atoms with Crippen LogP contribution in [0.5, 0.6) is 0 Å². The van der Waals surface area contributed by atoms with Gasteiger partial charge in [-0.25, -0.2) is 0 Å². The van der Waals surface area contributed by atoms with E-state index in [0.29, 0.717) is 19.4 Å². The van der Waals surface area contributed by atoms with Crippen LogP contribution in [0.2, 0.25) is 0 Å². The van der Waals surface area contributed by atoms with Crippen LogP contribution < -0.4 is 16.8 Å². The number of rotatable bonds is 4. The number of hydrogen-bond donors (Lipinski definition) is 3. The molecule has 48 valence electrons. The third kappa shape index (κ3) is 3.58. The van der Waals surface area contributed by atoms with Gasteiger partial charge in [0.1, 0.15) is 0 Å². The van der Waals surface area contributed by atoms with E-state index in [1.165, 1.54) is 0 Å². The van der Waals surface area contributed by atoms with E-state index in [9.17, 15) is 4.79 Å². The molecule has 5 N–H and O–H groups in total. The number of amides is 1. The Hall–Kier alpha value is -0.610. The molecule has 0 fully saturated rings. The Morgan fingerprint density at radius 2 is 2.38 bits per heavy atom. The molecule has 0 spiro atoms. The van der Waals surface area contributed by atoms with Crippen molar-refractivity contribution < 1.29 is 4.79 Å². The molecule has 0 bridgehead atoms. The first-order chi connectivity index (χ1) is 3.81. The number of nitrogens with two attached hydrogens (primary N) is 2. The van der Waals surface area contributed by atoms with Gasteiger partial charge in [0.2, 0.25) is 6.41 Å². The summed E-state index contributed by atoms with van der Waals surface area (Å²) in [5, 5.41) is 2.36. The normalized spacial score (nSPS) is 12.8. The average molecular weight is 117 g/mol. The van der Waals surface area contributed by atoms with Gasteiger partial charge in [-0.3, -0.25) is 4.79 Å². The molecule has 0 aliphatic carbocycles. The summed E-state index contributed by atoms with van der Waals surface area (Å²) in [5.41, 5.74) is 10.4. The highest BCUT2D eigenvalue weighted by Gasteiger charge is 1.94. The van der Waals surface area contributed by atoms with Crippen molar-refractivity contribution in [2.24, 2.45) is 11.5 Å². The summed E-state index contributed by atoms with van der Waals surface area (Å²) in [6.07, 6.45) is 0.913. The van der Waals surface area contributed by atoms with E-state index in [2.05, 4.69) is 5.32 Å². The first-order valence-corrected chi connectivity index (χ1v) is 2.46. The molecule has 0 radical (unpaired) electrons. The van der Waals surface area contributed by atoms with Crippen LogP contribution in [0.4, 0.5) is 0 Å². The summed E-state index contributed by atoms with van der Waals surface area (Å²) in [6, 6.07) is 0. The van der Waals surface area contributed by atoms with Gasteiger partial charge in [-0.1, -0.05) is 0 Å². The second-order valence-corrected chi connectivity index (χ2v) is 1.47. The van der Waals surface area contributed by atoms with Gasteiger partial charge in [0.25, 0.3) is 0 Å². The topological polar surface area (TPSA) is 81.1 Å². The van der Waals surface area contributed by atoms with Gasteiger partial charge >= 0.3 is 0 Å². The molecule has 0 aliphatic heterocycles. The van der Waals surface area contributed by atoms with Crippen molar-refractivity contribution in [2.75, 3.05) is 6.54 Å². The first-order valence-electron chi connectivity index (χ1n) is 2.46. The summed E-state index contributed by atoms with van der Waals surface area (Å²) in [5.74, 6) is 0. The van der Waals surface area contributed by atoms with Crippen LogP contribution >= 0.6 is 0 Å². The zero-order valence-electron chi connectivity index (χ0n) is 4.63. The highest BCUT2D eigenvalue weighted by molar-refractivity contribution is 5.46. The number of carbonyl (C=O) groups excluding carboxylic acids is 1. The molecule has 1 atom stereocenters. The van der Waals surface area contributed by atoms with Crippen molar-refractivity contribution in [2.45, 2.75) is 12.6 Å². The quantitative estimate of drug-likeness (QED) is 0.305. The van der Waals surface area contributed by atoms with Gasteiger partial charge in [0.05, 0.1) is 6.17 Å². The maximum Gasteiger partial charge on any atom is 0.208 e. The van der Waals surface area contributed by atoms with Gasteiger partial charge in [-0.05, 0) is 13.0 Å². The summed E-state index contributed by atoms with van der Waals surface area (Å²) in [7, 11) is 0. The molecule has 0 rings (SSSR count). The van der Waals surface area contributed by atoms with Crippen molar-refractivity contribution in [1.82, 2.24) is 5.32 Å². The fourth-order valence-electron chi connectivity index (χ4n) is 0.350. The van der Waals surface area contributed by atoms with Crippen molar-refractivity contribution in [3.05, 3.63) is 0 Å². The van der Waals surface area contributed by atoms with Crippen LogP contribution in [-0.2, 0) is 4.79 Å². The Labute approximate surface area is 48.2 Å². The summed E-state index contributed by atoms with van der Waals surface area (Å²) >= 11 is 0. The molecular weight excluding hydrogens is 106 g/mol. The van der Waals surface area contributed by atoms with Gasteiger partial charge in [-0.2, -0.15) is 0 Å². The highest BCUT2D eigenvalue weighted by atomic mass is 16.1. The Balaban J connectivity index is 3.03. The van der Waals surface area contributed by atoms with Crippen LogP contribution in [0.25, 0.3) is 0 Å². The van der Waals surface area contributed by atoms with Crippen molar-refractivity contribution in [3.8, 4) is 0 Å². The van der Waals surface area contributed by atoms with Gasteiger partial charge in [0, 0.05) is 0 Å².